The highest BCUT2D eigenvalue weighted by atomic mass is 15.2. The maximum absolute atomic E-state index is 10.2. The lowest BCUT2D eigenvalue weighted by atomic mass is 9.33. The molecule has 0 saturated carbocycles. The number of aromatic nitrogens is 2. The Bertz CT molecular complexity index is 6720. The Morgan fingerprint density at radius 2 is 0.692 bits per heavy atom. The number of nitrogens with zero attached hydrogens (tertiary/aromatic N) is 4. The molecule has 0 bridgehead atoms. The maximum Gasteiger partial charge on any atom is 0.252 e. The third-order valence-corrected chi connectivity index (χ3v) is 22.1. The summed E-state index contributed by atoms with van der Waals surface area (Å²) in [6, 6.07) is 98.5. The normalized spacial score (nSPS) is 14.0. The second-order valence-electron chi connectivity index (χ2n) is 31.9. The molecule has 0 aliphatic carbocycles. The number of hydrogen-bond donors (Lipinski definition) is 0. The van der Waals surface area contributed by atoms with E-state index in [2.05, 4.69) is 325 Å². The maximum atomic E-state index is 10.2. The van der Waals surface area contributed by atoms with Crippen molar-refractivity contribution in [1.29, 1.82) is 0 Å². The molecule has 107 heavy (non-hydrogen) atoms. The molecular weight excluding hydrogens is 1290 g/mol. The lowest BCUT2D eigenvalue weighted by molar-refractivity contribution is 0.569. The van der Waals surface area contributed by atoms with Gasteiger partial charge >= 0.3 is 0 Å². The van der Waals surface area contributed by atoms with Crippen molar-refractivity contribution in [2.24, 2.45) is 0 Å². The van der Waals surface area contributed by atoms with Gasteiger partial charge in [0, 0.05) is 72.5 Å². The molecular formula is C102H83BN4. The fourth-order valence-electron chi connectivity index (χ4n) is 16.6. The van der Waals surface area contributed by atoms with E-state index in [1.54, 1.807) is 0 Å². The molecule has 0 fully saturated rings. The minimum absolute atomic E-state index is 0.0856. The van der Waals surface area contributed by atoms with Crippen molar-refractivity contribution >= 4 is 101 Å². The van der Waals surface area contributed by atoms with Crippen LogP contribution in [0.2, 0.25) is 0 Å². The van der Waals surface area contributed by atoms with Gasteiger partial charge in [0.15, 0.2) is 0 Å². The van der Waals surface area contributed by atoms with Crippen molar-refractivity contribution in [3.05, 3.63) is 356 Å². The number of anilines is 6. The van der Waals surface area contributed by atoms with Crippen molar-refractivity contribution in [3.8, 4) is 78.1 Å². The Kier molecular flexibility index (Phi) is 13.2. The summed E-state index contributed by atoms with van der Waals surface area (Å²) in [4.78, 5) is 4.89. The molecule has 4 nitrogen and oxygen atoms in total. The van der Waals surface area contributed by atoms with Crippen molar-refractivity contribution in [2.45, 2.75) is 78.6 Å². The van der Waals surface area contributed by atoms with Crippen molar-refractivity contribution in [2.75, 3.05) is 9.80 Å². The number of benzene rings is 15. The van der Waals surface area contributed by atoms with Crippen LogP contribution in [0.4, 0.5) is 34.1 Å². The van der Waals surface area contributed by atoms with Gasteiger partial charge in [0.2, 0.25) is 0 Å². The lowest BCUT2D eigenvalue weighted by Crippen LogP contribution is -2.61. The zero-order chi connectivity index (χ0) is 80.4. The highest BCUT2D eigenvalue weighted by molar-refractivity contribution is 7.00. The molecule has 19 rings (SSSR count). The molecule has 2 aliphatic heterocycles. The van der Waals surface area contributed by atoms with Gasteiger partial charge in [0.1, 0.15) is 0 Å². The number of fused-ring (bicyclic) bond motifs is 10. The van der Waals surface area contributed by atoms with Crippen LogP contribution in [-0.2, 0) is 16.2 Å². The molecule has 5 heteroatoms. The van der Waals surface area contributed by atoms with Crippen molar-refractivity contribution < 1.29 is 12.3 Å². The molecule has 2 aromatic heterocycles. The van der Waals surface area contributed by atoms with E-state index in [1.807, 2.05) is 41.0 Å². The van der Waals surface area contributed by atoms with Gasteiger partial charge < -0.3 is 18.9 Å². The largest absolute Gasteiger partial charge is 0.311 e. The van der Waals surface area contributed by atoms with Gasteiger partial charge in [-0.05, 0) is 202 Å². The second-order valence-corrected chi connectivity index (χ2v) is 31.9. The van der Waals surface area contributed by atoms with Gasteiger partial charge in [0.05, 0.1) is 40.1 Å². The minimum Gasteiger partial charge on any atom is -0.311 e. The summed E-state index contributed by atoms with van der Waals surface area (Å²) in [6.07, 6.45) is 0. The average molecular weight is 1380 g/mol. The standard InChI is InChI=1S/C102H83BN4/c1-100(2,3)76-54-74(55-77(61-76)101(4,5)6)75-59-96-98-97(60-75)107(99-85(69-37-21-13-22-38-69)62-78(102(7,8)9)63-86(99)70-39-23-14-24-40-70)95-65-80(105-92-46-30-27-43-84(92)87-64-79(49-52-93(87)105)104-90-44-28-25-41-82(90)83-42-26-29-45-91(83)104)48-51-89(95)103(98)88-50-47-71(66-31-15-10-16-32-66)58-94(88)106(96)81-56-72(67-33-17-11-18-34-67)53-73(57-81)68-35-19-12-20-36-68/h10-65H,1-9H3/i10D,15D,16D,27D,30D,31D,32D,43D,46D. The van der Waals surface area contributed by atoms with Crippen LogP contribution in [0, 0.1) is 0 Å². The van der Waals surface area contributed by atoms with E-state index in [1.165, 1.54) is 11.1 Å². The minimum atomic E-state index is -0.579. The number of hydrogen-bond acceptors (Lipinski definition) is 2. The van der Waals surface area contributed by atoms with Gasteiger partial charge in [0.25, 0.3) is 6.71 Å². The Labute approximate surface area is 641 Å². The monoisotopic (exact) mass is 1380 g/mol. The van der Waals surface area contributed by atoms with Crippen LogP contribution in [-0.4, -0.2) is 15.8 Å². The Morgan fingerprint density at radius 3 is 1.26 bits per heavy atom. The molecule has 0 spiro atoms. The highest BCUT2D eigenvalue weighted by Crippen LogP contribution is 2.54. The van der Waals surface area contributed by atoms with Gasteiger partial charge in [-0.25, -0.2) is 0 Å². The predicted molar refractivity (Wildman–Crippen MR) is 458 cm³/mol. The van der Waals surface area contributed by atoms with Crippen LogP contribution in [0.3, 0.4) is 0 Å². The van der Waals surface area contributed by atoms with E-state index >= 15 is 0 Å². The first-order chi connectivity index (χ1) is 55.7. The molecule has 514 valence electrons. The molecule has 4 heterocycles. The summed E-state index contributed by atoms with van der Waals surface area (Å²) in [5.41, 5.74) is 25.4. The summed E-state index contributed by atoms with van der Waals surface area (Å²) in [5.74, 6) is 0. The fraction of sp³-hybridized carbons (Fsp3) is 0.118. The van der Waals surface area contributed by atoms with Crippen LogP contribution in [0.5, 0.6) is 0 Å². The summed E-state index contributed by atoms with van der Waals surface area (Å²) < 4.78 is 89.9. The van der Waals surface area contributed by atoms with E-state index in [0.29, 0.717) is 33.1 Å². The highest BCUT2D eigenvalue weighted by Gasteiger charge is 2.46. The zero-order valence-electron chi connectivity index (χ0n) is 70.5. The summed E-state index contributed by atoms with van der Waals surface area (Å²) in [7, 11) is 0. The molecule has 2 aliphatic rings. The smallest absolute Gasteiger partial charge is 0.252 e. The van der Waals surface area contributed by atoms with Gasteiger partial charge in [-0.1, -0.05) is 305 Å². The van der Waals surface area contributed by atoms with Gasteiger partial charge in [-0.3, -0.25) is 0 Å². The fourth-order valence-corrected chi connectivity index (χ4v) is 16.6. The van der Waals surface area contributed by atoms with E-state index in [4.69, 9.17) is 4.11 Å². The van der Waals surface area contributed by atoms with Crippen LogP contribution < -0.4 is 26.2 Å². The Morgan fingerprint density at radius 1 is 0.262 bits per heavy atom. The van der Waals surface area contributed by atoms with Crippen molar-refractivity contribution in [3.63, 3.8) is 0 Å². The summed E-state index contributed by atoms with van der Waals surface area (Å²) in [6.45, 7) is 19.9. The predicted octanol–water partition coefficient (Wildman–Crippen LogP) is 25.9. The van der Waals surface area contributed by atoms with Crippen LogP contribution in [0.25, 0.3) is 122 Å². The van der Waals surface area contributed by atoms with Gasteiger partial charge in [-0.2, -0.15) is 0 Å². The molecule has 0 saturated heterocycles. The number of para-hydroxylation sites is 3. The van der Waals surface area contributed by atoms with Crippen LogP contribution in [0.1, 0.15) is 91.3 Å². The Balaban J connectivity index is 0.999. The molecule has 17 aromatic rings. The van der Waals surface area contributed by atoms with E-state index < -0.39 is 24.8 Å². The third-order valence-electron chi connectivity index (χ3n) is 22.1. The first-order valence-electron chi connectivity index (χ1n) is 41.6. The molecule has 0 amide bonds. The van der Waals surface area contributed by atoms with Crippen molar-refractivity contribution in [1.82, 2.24) is 9.13 Å². The van der Waals surface area contributed by atoms with E-state index in [-0.39, 0.29) is 58.1 Å². The molecule has 15 aromatic carbocycles. The SMILES string of the molecule is [2H]c1c([2H])c([2H])c(-c2ccc3c(c2)N(c2cc(-c4ccccc4)cc(-c4ccccc4)c2)c2cc(-c4cc(C(C)(C)C)cc(C(C)(C)C)c4)cc4c2B3c2ccc(-n3c5ccc(-n6c7ccccc7c7ccccc76)cc5c5c([2H])c([2H])c([2H])c([2H])c53)cc2N4c2c(-c3ccccc3)cc(C(C)(C)C)cc2-c2ccccc2)c([2H])c1[2H]. The summed E-state index contributed by atoms with van der Waals surface area (Å²) in [5, 5.41) is 3.24. The average Bonchev–Trinajstić information content (AvgIpc) is 0.784. The van der Waals surface area contributed by atoms with E-state index in [9.17, 15) is 8.22 Å². The molecule has 0 N–H and O–H groups in total. The third kappa shape index (κ3) is 11.1. The van der Waals surface area contributed by atoms with Gasteiger partial charge in [-0.15, -0.1) is 0 Å². The molecule has 0 radical (unpaired) electrons. The quantitative estimate of drug-likeness (QED) is 0.127. The molecule has 0 unspecified atom stereocenters. The summed E-state index contributed by atoms with van der Waals surface area (Å²) >= 11 is 0. The first kappa shape index (κ1) is 56.0. The van der Waals surface area contributed by atoms with Crippen LogP contribution >= 0.6 is 0 Å². The Hall–Kier alpha value is -12.4. The van der Waals surface area contributed by atoms with E-state index in [0.717, 1.165) is 139 Å². The lowest BCUT2D eigenvalue weighted by Gasteiger charge is -2.45. The second kappa shape index (κ2) is 25.1. The number of rotatable bonds is 10. The first-order valence-corrected chi connectivity index (χ1v) is 37.1. The zero-order valence-corrected chi connectivity index (χ0v) is 61.5. The molecule has 0 atom stereocenters. The van der Waals surface area contributed by atoms with Crippen LogP contribution in [0.15, 0.2) is 340 Å². The topological polar surface area (TPSA) is 16.3 Å².